The Morgan fingerprint density at radius 1 is 1.32 bits per heavy atom. The summed E-state index contributed by atoms with van der Waals surface area (Å²) < 4.78 is 0. The monoisotopic (exact) mass is 326 g/mol. The summed E-state index contributed by atoms with van der Waals surface area (Å²) in [4.78, 5) is 24.6. The van der Waals surface area contributed by atoms with E-state index in [1.165, 1.54) is 0 Å². The summed E-state index contributed by atoms with van der Waals surface area (Å²) in [7, 11) is 0. The highest BCUT2D eigenvalue weighted by atomic mass is 79.9. The van der Waals surface area contributed by atoms with Gasteiger partial charge in [0.05, 0.1) is 4.83 Å². The fourth-order valence-electron chi connectivity index (χ4n) is 1.69. The van der Waals surface area contributed by atoms with Crippen LogP contribution in [0, 0.1) is 0 Å². The van der Waals surface area contributed by atoms with Crippen LogP contribution in [0.2, 0.25) is 0 Å². The van der Waals surface area contributed by atoms with Crippen LogP contribution in [0.5, 0.6) is 0 Å². The van der Waals surface area contributed by atoms with E-state index in [0.29, 0.717) is 19.5 Å². The minimum absolute atomic E-state index is 0.00685. The molecule has 1 atom stereocenters. The van der Waals surface area contributed by atoms with Crippen molar-refractivity contribution in [2.24, 2.45) is 5.73 Å². The van der Waals surface area contributed by atoms with E-state index in [0.717, 1.165) is 5.56 Å². The number of halogens is 1. The second-order valence-electron chi connectivity index (χ2n) is 4.34. The van der Waals surface area contributed by atoms with Crippen molar-refractivity contribution >= 4 is 27.7 Å². The lowest BCUT2D eigenvalue weighted by Crippen LogP contribution is -2.38. The van der Waals surface area contributed by atoms with Crippen molar-refractivity contribution in [2.45, 2.75) is 31.1 Å². The Bertz CT molecular complexity index is 423. The Kier molecular flexibility index (Phi) is 6.56. The molecule has 0 aromatic heterocycles. The fourth-order valence-corrected chi connectivity index (χ4v) is 1.98. The minimum Gasteiger partial charge on any atom is -0.370 e. The van der Waals surface area contributed by atoms with E-state index in [4.69, 9.17) is 5.73 Å². The van der Waals surface area contributed by atoms with Crippen LogP contribution in [0.25, 0.3) is 0 Å². The van der Waals surface area contributed by atoms with Crippen molar-refractivity contribution < 1.29 is 9.59 Å². The maximum atomic E-state index is 12.2. The molecule has 2 amide bonds. The molecule has 0 spiro atoms. The van der Waals surface area contributed by atoms with Crippen LogP contribution in [-0.4, -0.2) is 28.1 Å². The molecule has 1 aromatic carbocycles. The van der Waals surface area contributed by atoms with Gasteiger partial charge in [-0.25, -0.2) is 0 Å². The Balaban J connectivity index is 2.74. The van der Waals surface area contributed by atoms with Crippen molar-refractivity contribution in [1.29, 1.82) is 0 Å². The van der Waals surface area contributed by atoms with E-state index >= 15 is 0 Å². The van der Waals surface area contributed by atoms with Gasteiger partial charge in [0.2, 0.25) is 11.8 Å². The molecule has 0 bridgehead atoms. The van der Waals surface area contributed by atoms with Gasteiger partial charge in [0.25, 0.3) is 0 Å². The van der Waals surface area contributed by atoms with Crippen molar-refractivity contribution in [3.63, 3.8) is 0 Å². The summed E-state index contributed by atoms with van der Waals surface area (Å²) in [6.45, 7) is 2.78. The molecule has 0 saturated carbocycles. The molecule has 1 unspecified atom stereocenters. The molecule has 5 heteroatoms. The summed E-state index contributed by atoms with van der Waals surface area (Å²) in [5.74, 6) is -0.402. The van der Waals surface area contributed by atoms with E-state index in [1.54, 1.807) is 4.90 Å². The van der Waals surface area contributed by atoms with Crippen molar-refractivity contribution in [3.8, 4) is 0 Å². The Hall–Kier alpha value is -1.36. The number of hydrogen-bond donors (Lipinski definition) is 1. The van der Waals surface area contributed by atoms with E-state index < -0.39 is 5.91 Å². The smallest absolute Gasteiger partial charge is 0.236 e. The van der Waals surface area contributed by atoms with Gasteiger partial charge < -0.3 is 10.6 Å². The molecular weight excluding hydrogens is 308 g/mol. The number of alkyl halides is 1. The first-order valence-corrected chi connectivity index (χ1v) is 7.21. The van der Waals surface area contributed by atoms with E-state index in [2.05, 4.69) is 15.9 Å². The maximum Gasteiger partial charge on any atom is 0.236 e. The number of carbonyl (C=O) groups excluding carboxylic acids is 2. The first-order chi connectivity index (χ1) is 9.04. The highest BCUT2D eigenvalue weighted by molar-refractivity contribution is 9.10. The molecule has 0 saturated heterocycles. The Labute approximate surface area is 122 Å². The molecule has 1 rings (SSSR count). The highest BCUT2D eigenvalue weighted by Gasteiger charge is 2.20. The number of rotatable bonds is 7. The molecule has 4 nitrogen and oxygen atoms in total. The standard InChI is InChI=1S/C14H19BrN2O2/c1-2-12(15)14(19)17(9-8-13(16)18)10-11-6-4-3-5-7-11/h3-7,12H,2,8-10H2,1H3,(H2,16,18). The lowest BCUT2D eigenvalue weighted by Gasteiger charge is -2.24. The lowest BCUT2D eigenvalue weighted by atomic mass is 10.2. The molecule has 0 aliphatic rings. The number of nitrogens with zero attached hydrogens (tertiary/aromatic N) is 1. The highest BCUT2D eigenvalue weighted by Crippen LogP contribution is 2.13. The number of benzene rings is 1. The fraction of sp³-hybridized carbons (Fsp3) is 0.429. The maximum absolute atomic E-state index is 12.2. The van der Waals surface area contributed by atoms with Crippen LogP contribution in [0.4, 0.5) is 0 Å². The summed E-state index contributed by atoms with van der Waals surface area (Å²) in [5.41, 5.74) is 6.19. The second-order valence-corrected chi connectivity index (χ2v) is 5.44. The van der Waals surface area contributed by atoms with Crippen LogP contribution in [0.1, 0.15) is 25.3 Å². The van der Waals surface area contributed by atoms with Gasteiger partial charge in [-0.05, 0) is 12.0 Å². The normalized spacial score (nSPS) is 11.9. The number of hydrogen-bond acceptors (Lipinski definition) is 2. The summed E-state index contributed by atoms with van der Waals surface area (Å²) in [6.07, 6.45) is 0.892. The van der Waals surface area contributed by atoms with Gasteiger partial charge in [-0.1, -0.05) is 53.2 Å². The molecule has 0 radical (unpaired) electrons. The average Bonchev–Trinajstić information content (AvgIpc) is 2.42. The second kappa shape index (κ2) is 7.94. The third-order valence-corrected chi connectivity index (χ3v) is 3.82. The van der Waals surface area contributed by atoms with Crippen LogP contribution in [0.15, 0.2) is 30.3 Å². The number of carbonyl (C=O) groups is 2. The van der Waals surface area contributed by atoms with Crippen molar-refractivity contribution in [1.82, 2.24) is 4.90 Å². The lowest BCUT2D eigenvalue weighted by molar-refractivity contribution is -0.131. The van der Waals surface area contributed by atoms with Crippen molar-refractivity contribution in [2.75, 3.05) is 6.54 Å². The molecule has 0 fully saturated rings. The SMILES string of the molecule is CCC(Br)C(=O)N(CCC(N)=O)Cc1ccccc1. The summed E-state index contributed by atoms with van der Waals surface area (Å²) >= 11 is 3.36. The zero-order valence-electron chi connectivity index (χ0n) is 11.0. The Morgan fingerprint density at radius 3 is 2.47 bits per heavy atom. The van der Waals surface area contributed by atoms with Gasteiger partial charge in [-0.3, -0.25) is 9.59 Å². The quantitative estimate of drug-likeness (QED) is 0.779. The third kappa shape index (κ3) is 5.42. The van der Waals surface area contributed by atoms with Gasteiger partial charge in [0, 0.05) is 19.5 Å². The zero-order valence-corrected chi connectivity index (χ0v) is 12.6. The molecule has 0 aliphatic heterocycles. The van der Waals surface area contributed by atoms with Gasteiger partial charge in [0.1, 0.15) is 0 Å². The Morgan fingerprint density at radius 2 is 1.95 bits per heavy atom. The third-order valence-electron chi connectivity index (χ3n) is 2.78. The largest absolute Gasteiger partial charge is 0.370 e. The van der Waals surface area contributed by atoms with Crippen LogP contribution in [0.3, 0.4) is 0 Å². The van der Waals surface area contributed by atoms with Crippen LogP contribution in [-0.2, 0) is 16.1 Å². The zero-order chi connectivity index (χ0) is 14.3. The van der Waals surface area contributed by atoms with Crippen molar-refractivity contribution in [3.05, 3.63) is 35.9 Å². The average molecular weight is 327 g/mol. The van der Waals surface area contributed by atoms with Gasteiger partial charge >= 0.3 is 0 Å². The number of primary amides is 1. The molecule has 0 heterocycles. The first-order valence-electron chi connectivity index (χ1n) is 6.29. The molecule has 104 valence electrons. The number of amides is 2. The van der Waals surface area contributed by atoms with Crippen LogP contribution >= 0.6 is 15.9 Å². The van der Waals surface area contributed by atoms with Gasteiger partial charge in [0.15, 0.2) is 0 Å². The molecule has 2 N–H and O–H groups in total. The van der Waals surface area contributed by atoms with E-state index in [1.807, 2.05) is 37.3 Å². The topological polar surface area (TPSA) is 63.4 Å². The molecular formula is C14H19BrN2O2. The number of nitrogens with two attached hydrogens (primary N) is 1. The van der Waals surface area contributed by atoms with Gasteiger partial charge in [-0.15, -0.1) is 0 Å². The summed E-state index contributed by atoms with van der Waals surface area (Å²) in [5, 5.41) is 0. The van der Waals surface area contributed by atoms with Crippen LogP contribution < -0.4 is 5.73 Å². The first kappa shape index (κ1) is 15.7. The predicted molar refractivity (Wildman–Crippen MR) is 78.7 cm³/mol. The van der Waals surface area contributed by atoms with E-state index in [9.17, 15) is 9.59 Å². The summed E-state index contributed by atoms with van der Waals surface area (Å²) in [6, 6.07) is 9.70. The molecule has 0 aliphatic carbocycles. The van der Waals surface area contributed by atoms with Gasteiger partial charge in [-0.2, -0.15) is 0 Å². The molecule has 19 heavy (non-hydrogen) atoms. The van der Waals surface area contributed by atoms with E-state index in [-0.39, 0.29) is 17.2 Å². The minimum atomic E-state index is -0.395. The predicted octanol–water partition coefficient (Wildman–Crippen LogP) is 2.06. The molecule has 1 aromatic rings.